The number of hydrogen-bond acceptors (Lipinski definition) is 3. The molecule has 0 spiro atoms. The first-order chi connectivity index (χ1) is 9.74. The second-order valence-corrected chi connectivity index (χ2v) is 5.48. The van der Waals surface area contributed by atoms with Crippen molar-refractivity contribution in [3.05, 3.63) is 53.5 Å². The first kappa shape index (κ1) is 11.6. The minimum Gasteiger partial charge on any atom is -0.462 e. The maximum Gasteiger partial charge on any atom is 0.258 e. The Bertz CT molecular complexity index is 673. The lowest BCUT2D eigenvalue weighted by Crippen LogP contribution is -2.44. The summed E-state index contributed by atoms with van der Waals surface area (Å²) in [4.78, 5) is 14.7. The van der Waals surface area contributed by atoms with E-state index in [0.29, 0.717) is 6.04 Å². The third-order valence-electron chi connectivity index (χ3n) is 3.93. The molecule has 20 heavy (non-hydrogen) atoms. The van der Waals surface area contributed by atoms with Crippen LogP contribution in [0.5, 0.6) is 0 Å². The second kappa shape index (κ2) is 4.13. The van der Waals surface area contributed by atoms with Gasteiger partial charge in [-0.05, 0) is 44.0 Å². The van der Waals surface area contributed by atoms with E-state index in [1.165, 1.54) is 0 Å². The maximum atomic E-state index is 12.7. The van der Waals surface area contributed by atoms with Crippen molar-refractivity contribution in [1.29, 1.82) is 0 Å². The topological polar surface area (TPSA) is 45.5 Å². The Hall–Kier alpha value is -2.23. The minimum absolute atomic E-state index is 0.0981. The number of nitrogens with one attached hydrogen (secondary N) is 1. The highest BCUT2D eigenvalue weighted by Crippen LogP contribution is 2.40. The van der Waals surface area contributed by atoms with Gasteiger partial charge in [-0.1, -0.05) is 12.1 Å². The number of rotatable bonds is 2. The van der Waals surface area contributed by atoms with Crippen molar-refractivity contribution in [2.45, 2.75) is 32.0 Å². The number of benzene rings is 1. The van der Waals surface area contributed by atoms with E-state index in [-0.39, 0.29) is 12.1 Å². The number of carbonyl (C=O) groups is 1. The van der Waals surface area contributed by atoms with Crippen LogP contribution in [-0.4, -0.2) is 16.8 Å². The number of furan rings is 1. The number of anilines is 1. The van der Waals surface area contributed by atoms with Gasteiger partial charge in [0.15, 0.2) is 6.17 Å². The van der Waals surface area contributed by atoms with Gasteiger partial charge < -0.3 is 14.6 Å². The van der Waals surface area contributed by atoms with Gasteiger partial charge in [0.25, 0.3) is 5.91 Å². The zero-order chi connectivity index (χ0) is 13.7. The summed E-state index contributed by atoms with van der Waals surface area (Å²) in [6.45, 7) is 1.92. The van der Waals surface area contributed by atoms with Crippen LogP contribution in [0.3, 0.4) is 0 Å². The second-order valence-electron chi connectivity index (χ2n) is 5.48. The largest absolute Gasteiger partial charge is 0.462 e. The molecule has 4 heteroatoms. The molecule has 2 aliphatic rings. The van der Waals surface area contributed by atoms with Gasteiger partial charge in [0.2, 0.25) is 0 Å². The van der Waals surface area contributed by atoms with Gasteiger partial charge in [-0.2, -0.15) is 0 Å². The van der Waals surface area contributed by atoms with Crippen molar-refractivity contribution >= 4 is 11.6 Å². The monoisotopic (exact) mass is 268 g/mol. The minimum atomic E-state index is -0.196. The summed E-state index contributed by atoms with van der Waals surface area (Å²) in [7, 11) is 0. The van der Waals surface area contributed by atoms with E-state index in [9.17, 15) is 4.79 Å². The van der Waals surface area contributed by atoms with Gasteiger partial charge >= 0.3 is 0 Å². The van der Waals surface area contributed by atoms with E-state index in [1.54, 1.807) is 0 Å². The van der Waals surface area contributed by atoms with Crippen LogP contribution in [-0.2, 0) is 0 Å². The van der Waals surface area contributed by atoms with Gasteiger partial charge in [0.1, 0.15) is 11.5 Å². The summed E-state index contributed by atoms with van der Waals surface area (Å²) in [5, 5.41) is 3.44. The molecule has 1 aliphatic heterocycles. The molecule has 1 aliphatic carbocycles. The lowest BCUT2D eigenvalue weighted by Gasteiger charge is -2.36. The summed E-state index contributed by atoms with van der Waals surface area (Å²) >= 11 is 0. The molecule has 0 unspecified atom stereocenters. The SMILES string of the molecule is Cc1ccc([C@H]2Nc3ccccc3C(=O)N2C2CC2)o1. The Morgan fingerprint density at radius 2 is 2.00 bits per heavy atom. The zero-order valence-corrected chi connectivity index (χ0v) is 11.3. The fourth-order valence-corrected chi connectivity index (χ4v) is 2.81. The molecule has 1 N–H and O–H groups in total. The Kier molecular flexibility index (Phi) is 2.39. The van der Waals surface area contributed by atoms with Crippen LogP contribution in [0.4, 0.5) is 5.69 Å². The predicted molar refractivity (Wildman–Crippen MR) is 75.4 cm³/mol. The normalized spacial score (nSPS) is 21.6. The number of fused-ring (bicyclic) bond motifs is 1. The van der Waals surface area contributed by atoms with E-state index < -0.39 is 0 Å². The van der Waals surface area contributed by atoms with Crippen LogP contribution in [0.2, 0.25) is 0 Å². The van der Waals surface area contributed by atoms with E-state index in [2.05, 4.69) is 5.32 Å². The smallest absolute Gasteiger partial charge is 0.258 e. The highest BCUT2D eigenvalue weighted by atomic mass is 16.3. The van der Waals surface area contributed by atoms with Gasteiger partial charge in [-0.25, -0.2) is 0 Å². The lowest BCUT2D eigenvalue weighted by molar-refractivity contribution is 0.0644. The molecule has 0 bridgehead atoms. The van der Waals surface area contributed by atoms with Gasteiger partial charge in [0, 0.05) is 11.7 Å². The maximum absolute atomic E-state index is 12.7. The predicted octanol–water partition coefficient (Wildman–Crippen LogP) is 3.32. The molecule has 1 amide bonds. The van der Waals surface area contributed by atoms with Crippen molar-refractivity contribution in [3.63, 3.8) is 0 Å². The van der Waals surface area contributed by atoms with Crippen LogP contribution in [0.1, 0.15) is 40.9 Å². The van der Waals surface area contributed by atoms with E-state index in [1.807, 2.05) is 48.2 Å². The van der Waals surface area contributed by atoms with Gasteiger partial charge in [-0.15, -0.1) is 0 Å². The third-order valence-corrected chi connectivity index (χ3v) is 3.93. The molecule has 2 heterocycles. The molecule has 4 rings (SSSR count). The number of carbonyl (C=O) groups excluding carboxylic acids is 1. The van der Waals surface area contributed by atoms with Crippen molar-refractivity contribution in [2.75, 3.05) is 5.32 Å². The fourth-order valence-electron chi connectivity index (χ4n) is 2.81. The summed E-state index contributed by atoms with van der Waals surface area (Å²) in [6, 6.07) is 11.9. The van der Waals surface area contributed by atoms with Gasteiger partial charge in [-0.3, -0.25) is 4.79 Å². The number of para-hydroxylation sites is 1. The molecule has 2 aromatic rings. The summed E-state index contributed by atoms with van der Waals surface area (Å²) < 4.78 is 5.74. The molecule has 1 fully saturated rings. The lowest BCUT2D eigenvalue weighted by atomic mass is 10.1. The molecule has 0 saturated heterocycles. The fraction of sp³-hybridized carbons (Fsp3) is 0.312. The third kappa shape index (κ3) is 1.72. The Morgan fingerprint density at radius 1 is 1.20 bits per heavy atom. The number of hydrogen-bond donors (Lipinski definition) is 1. The molecule has 1 saturated carbocycles. The molecular weight excluding hydrogens is 252 g/mol. The standard InChI is InChI=1S/C16H16N2O2/c1-10-6-9-14(20-10)15-17-13-5-3-2-4-12(13)16(19)18(15)11-7-8-11/h2-6,9,11,15,17H,7-8H2,1H3/t15-/m0/s1. The first-order valence-electron chi connectivity index (χ1n) is 6.98. The van der Waals surface area contributed by atoms with Gasteiger partial charge in [0.05, 0.1) is 5.56 Å². The van der Waals surface area contributed by atoms with E-state index in [0.717, 1.165) is 35.6 Å². The van der Waals surface area contributed by atoms with Crippen LogP contribution in [0.15, 0.2) is 40.8 Å². The molecule has 1 aromatic heterocycles. The van der Waals surface area contributed by atoms with E-state index >= 15 is 0 Å². The van der Waals surface area contributed by atoms with Crippen molar-refractivity contribution < 1.29 is 9.21 Å². The highest BCUT2D eigenvalue weighted by molar-refractivity contribution is 6.02. The summed E-state index contributed by atoms with van der Waals surface area (Å²) in [5.41, 5.74) is 1.63. The molecule has 102 valence electrons. The highest BCUT2D eigenvalue weighted by Gasteiger charge is 2.43. The number of nitrogens with zero attached hydrogens (tertiary/aromatic N) is 1. The van der Waals surface area contributed by atoms with Crippen molar-refractivity contribution in [1.82, 2.24) is 4.90 Å². The van der Waals surface area contributed by atoms with Crippen LogP contribution < -0.4 is 5.32 Å². The van der Waals surface area contributed by atoms with Crippen LogP contribution >= 0.6 is 0 Å². The average Bonchev–Trinajstić information content (AvgIpc) is 3.20. The van der Waals surface area contributed by atoms with Crippen molar-refractivity contribution in [2.24, 2.45) is 0 Å². The molecule has 4 nitrogen and oxygen atoms in total. The molecule has 0 radical (unpaired) electrons. The Labute approximate surface area is 117 Å². The average molecular weight is 268 g/mol. The first-order valence-corrected chi connectivity index (χ1v) is 6.98. The van der Waals surface area contributed by atoms with Crippen LogP contribution in [0, 0.1) is 6.92 Å². The summed E-state index contributed by atoms with van der Waals surface area (Å²) in [5.74, 6) is 1.77. The molecule has 1 aromatic carbocycles. The Morgan fingerprint density at radius 3 is 2.70 bits per heavy atom. The quantitative estimate of drug-likeness (QED) is 0.908. The number of aryl methyl sites for hydroxylation is 1. The summed E-state index contributed by atoms with van der Waals surface area (Å²) in [6.07, 6.45) is 1.95. The number of amides is 1. The van der Waals surface area contributed by atoms with E-state index in [4.69, 9.17) is 4.42 Å². The Balaban J connectivity index is 1.80. The van der Waals surface area contributed by atoms with Crippen molar-refractivity contribution in [3.8, 4) is 0 Å². The molecule has 1 atom stereocenters. The zero-order valence-electron chi connectivity index (χ0n) is 11.3. The molecular formula is C16H16N2O2. The van der Waals surface area contributed by atoms with Crippen LogP contribution in [0.25, 0.3) is 0 Å².